The lowest BCUT2D eigenvalue weighted by Gasteiger charge is -2.34. The maximum atomic E-state index is 2.53. The molecule has 12 aromatic rings. The molecule has 298 valence electrons. The molecule has 4 heteroatoms. The molecule has 4 heterocycles. The second kappa shape index (κ2) is 13.7. The Morgan fingerprint density at radius 3 is 1.42 bits per heavy atom. The number of rotatable bonds is 4. The highest BCUT2D eigenvalue weighted by atomic mass is 32.2. The van der Waals surface area contributed by atoms with E-state index in [4.69, 9.17) is 0 Å². The summed E-state index contributed by atoms with van der Waals surface area (Å²) in [5.41, 5.74) is 20.6. The molecule has 0 spiro atoms. The van der Waals surface area contributed by atoms with Crippen LogP contribution in [0.15, 0.2) is 234 Å². The van der Waals surface area contributed by atoms with Crippen LogP contribution >= 0.6 is 11.8 Å². The maximum absolute atomic E-state index is 2.53. The molecule has 0 radical (unpaired) electrons. The van der Waals surface area contributed by atoms with Crippen LogP contribution in [0, 0.1) is 0 Å². The van der Waals surface area contributed by atoms with E-state index in [2.05, 4.69) is 238 Å². The molecule has 0 saturated heterocycles. The summed E-state index contributed by atoms with van der Waals surface area (Å²) in [5, 5.41) is 5.02. The fourth-order valence-corrected chi connectivity index (χ4v) is 11.7. The zero-order chi connectivity index (χ0) is 41.9. The van der Waals surface area contributed by atoms with Crippen molar-refractivity contribution < 1.29 is 0 Å². The predicted octanol–water partition coefficient (Wildman–Crippen LogP) is 16.8. The van der Waals surface area contributed by atoms with Gasteiger partial charge in [-0.3, -0.25) is 0 Å². The van der Waals surface area contributed by atoms with Crippen LogP contribution in [0.4, 0.5) is 17.1 Å². The van der Waals surface area contributed by atoms with Gasteiger partial charge in [0.1, 0.15) is 0 Å². The van der Waals surface area contributed by atoms with Crippen LogP contribution in [-0.4, -0.2) is 9.13 Å². The summed E-state index contributed by atoms with van der Waals surface area (Å²) in [6.45, 7) is 0. The lowest BCUT2D eigenvalue weighted by Crippen LogP contribution is -2.15. The molecule has 0 fully saturated rings. The van der Waals surface area contributed by atoms with Crippen molar-refractivity contribution in [3.63, 3.8) is 0 Å². The van der Waals surface area contributed by atoms with Gasteiger partial charge in [-0.1, -0.05) is 139 Å². The van der Waals surface area contributed by atoms with Crippen molar-refractivity contribution in [2.45, 2.75) is 9.79 Å². The highest BCUT2D eigenvalue weighted by Crippen LogP contribution is 2.60. The number of nitrogens with zero attached hydrogens (tertiary/aromatic N) is 3. The molecule has 2 aliphatic rings. The molecule has 0 aliphatic carbocycles. The first-order valence-electron chi connectivity index (χ1n) is 21.9. The first kappa shape index (κ1) is 35.5. The smallest absolute Gasteiger partial charge is 0.0680 e. The van der Waals surface area contributed by atoms with Crippen molar-refractivity contribution in [1.82, 2.24) is 9.13 Å². The van der Waals surface area contributed by atoms with Gasteiger partial charge < -0.3 is 14.0 Å². The van der Waals surface area contributed by atoms with Gasteiger partial charge in [0.15, 0.2) is 0 Å². The molecule has 0 unspecified atom stereocenters. The first-order valence-corrected chi connectivity index (χ1v) is 22.7. The third-order valence-corrected chi connectivity index (χ3v) is 14.5. The Balaban J connectivity index is 0.966. The van der Waals surface area contributed by atoms with Crippen molar-refractivity contribution in [2.75, 3.05) is 4.90 Å². The van der Waals surface area contributed by atoms with E-state index in [0.717, 1.165) is 0 Å². The van der Waals surface area contributed by atoms with E-state index in [1.165, 1.54) is 126 Å². The molecule has 14 rings (SSSR count). The minimum absolute atomic E-state index is 1.17. The van der Waals surface area contributed by atoms with Gasteiger partial charge in [-0.2, -0.15) is 0 Å². The number of para-hydroxylation sites is 5. The summed E-state index contributed by atoms with van der Waals surface area (Å²) in [6.07, 6.45) is 0. The molecule has 0 amide bonds. The van der Waals surface area contributed by atoms with Crippen LogP contribution < -0.4 is 4.90 Å². The summed E-state index contributed by atoms with van der Waals surface area (Å²) >= 11 is 1.88. The normalized spacial score (nSPS) is 12.6. The predicted molar refractivity (Wildman–Crippen MR) is 269 cm³/mol. The molecule has 10 aromatic carbocycles. The largest absolute Gasteiger partial charge is 0.309 e. The fraction of sp³-hybridized carbons (Fsp3) is 0. The Morgan fingerprint density at radius 2 is 0.766 bits per heavy atom. The Kier molecular flexibility index (Phi) is 7.62. The second-order valence-electron chi connectivity index (χ2n) is 16.9. The molecular weight excluding hydrogens is 795 g/mol. The maximum Gasteiger partial charge on any atom is 0.0680 e. The number of anilines is 3. The zero-order valence-corrected chi connectivity index (χ0v) is 35.4. The van der Waals surface area contributed by atoms with Gasteiger partial charge in [0.2, 0.25) is 0 Å². The van der Waals surface area contributed by atoms with E-state index < -0.39 is 0 Å². The van der Waals surface area contributed by atoms with Crippen LogP contribution in [0.2, 0.25) is 0 Å². The van der Waals surface area contributed by atoms with E-state index in [0.29, 0.717) is 0 Å². The van der Waals surface area contributed by atoms with Gasteiger partial charge in [0.25, 0.3) is 0 Å². The van der Waals surface area contributed by atoms with E-state index >= 15 is 0 Å². The van der Waals surface area contributed by atoms with Crippen LogP contribution in [0.5, 0.6) is 0 Å². The summed E-state index contributed by atoms with van der Waals surface area (Å²) in [7, 11) is 0. The summed E-state index contributed by atoms with van der Waals surface area (Å²) in [5.74, 6) is 0. The number of aromatic nitrogens is 2. The van der Waals surface area contributed by atoms with Gasteiger partial charge >= 0.3 is 0 Å². The highest BCUT2D eigenvalue weighted by Gasteiger charge is 2.34. The van der Waals surface area contributed by atoms with Gasteiger partial charge in [-0.05, 0) is 130 Å². The monoisotopic (exact) mass is 831 g/mol. The topological polar surface area (TPSA) is 13.1 Å². The third kappa shape index (κ3) is 5.18. The van der Waals surface area contributed by atoms with E-state index in [1.54, 1.807) is 0 Å². The Morgan fingerprint density at radius 1 is 0.281 bits per heavy atom. The molecular formula is C60H37N3S. The molecule has 0 bridgehead atoms. The molecule has 2 aliphatic heterocycles. The van der Waals surface area contributed by atoms with Crippen LogP contribution in [-0.2, 0) is 0 Å². The average molecular weight is 832 g/mol. The van der Waals surface area contributed by atoms with E-state index in [1.807, 2.05) is 11.8 Å². The lowest BCUT2D eigenvalue weighted by molar-refractivity contribution is 1.17. The summed E-state index contributed by atoms with van der Waals surface area (Å²) in [4.78, 5) is 5.04. The number of fused-ring (bicyclic) bond motifs is 13. The van der Waals surface area contributed by atoms with Crippen LogP contribution in [0.1, 0.15) is 0 Å². The summed E-state index contributed by atoms with van der Waals surface area (Å²) < 4.78 is 4.78. The van der Waals surface area contributed by atoms with E-state index in [-0.39, 0.29) is 0 Å². The van der Waals surface area contributed by atoms with Crippen molar-refractivity contribution in [3.8, 4) is 55.9 Å². The van der Waals surface area contributed by atoms with Crippen molar-refractivity contribution >= 4 is 72.4 Å². The number of hydrogen-bond donors (Lipinski definition) is 0. The van der Waals surface area contributed by atoms with Crippen LogP contribution in [0.25, 0.3) is 99.5 Å². The standard InChI is InChI=1S/C60H37N3S/c1-3-15-42(16-4-1)61-52-23-11-9-21-46(52)49-34-39(27-30-54(49)61)38-28-32-56-48(33-38)44-19-7-8-20-45(44)51-36-41(37-59-60(51)63(56)57-25-13-14-26-58(57)64-59)40-29-31-55-50(35-40)47-22-10-12-24-53(47)62(55)43-17-5-2-6-18-43/h1-37H. The average Bonchev–Trinajstić information content (AvgIpc) is 3.84. The fourth-order valence-electron chi connectivity index (χ4n) is 10.6. The SMILES string of the molecule is c1ccc(-n2c3ccccc3c3cc(-c4ccc5c(c4)-c4ccccc4-c4cc(-c6ccc7c(c6)c6ccccc6n7-c6ccccc6)cc6c4N5c4ccccc4S6)ccc32)cc1. The molecule has 64 heavy (non-hydrogen) atoms. The molecule has 0 N–H and O–H groups in total. The minimum Gasteiger partial charge on any atom is -0.309 e. The number of benzene rings is 10. The molecule has 0 atom stereocenters. The van der Waals surface area contributed by atoms with Gasteiger partial charge in [-0.25, -0.2) is 0 Å². The van der Waals surface area contributed by atoms with Crippen molar-refractivity contribution in [3.05, 3.63) is 224 Å². The molecule has 2 aromatic heterocycles. The zero-order valence-electron chi connectivity index (χ0n) is 34.6. The summed E-state index contributed by atoms with van der Waals surface area (Å²) in [6, 6.07) is 82.9. The minimum atomic E-state index is 1.17. The van der Waals surface area contributed by atoms with Gasteiger partial charge in [0.05, 0.1) is 39.1 Å². The van der Waals surface area contributed by atoms with Gasteiger partial charge in [-0.15, -0.1) is 0 Å². The highest BCUT2D eigenvalue weighted by molar-refractivity contribution is 7.99. The Bertz CT molecular complexity index is 3880. The number of hydrogen-bond acceptors (Lipinski definition) is 2. The van der Waals surface area contributed by atoms with E-state index in [9.17, 15) is 0 Å². The molecule has 3 nitrogen and oxygen atoms in total. The van der Waals surface area contributed by atoms with Gasteiger partial charge in [0, 0.05) is 53.8 Å². The Hall–Kier alpha value is -8.05. The Labute approximate surface area is 374 Å². The van der Waals surface area contributed by atoms with Crippen LogP contribution in [0.3, 0.4) is 0 Å². The first-order chi connectivity index (χ1) is 31.7. The quantitative estimate of drug-likeness (QED) is 0.175. The third-order valence-electron chi connectivity index (χ3n) is 13.4. The second-order valence-corrected chi connectivity index (χ2v) is 18.0. The van der Waals surface area contributed by atoms with Crippen molar-refractivity contribution in [1.29, 1.82) is 0 Å². The lowest BCUT2D eigenvalue weighted by atomic mass is 9.91. The molecule has 0 saturated carbocycles. The van der Waals surface area contributed by atoms with Crippen molar-refractivity contribution in [2.24, 2.45) is 0 Å².